The van der Waals surface area contributed by atoms with Crippen LogP contribution in [0.2, 0.25) is 5.02 Å². The van der Waals surface area contributed by atoms with E-state index in [1.54, 1.807) is 31.3 Å². The first-order valence-electron chi connectivity index (χ1n) is 13.1. The van der Waals surface area contributed by atoms with Crippen molar-refractivity contribution in [3.8, 4) is 11.1 Å². The molecule has 2 N–H and O–H groups in total. The van der Waals surface area contributed by atoms with E-state index in [9.17, 15) is 19.2 Å². The molecule has 1 aliphatic carbocycles. The van der Waals surface area contributed by atoms with E-state index in [4.69, 9.17) is 21.1 Å². The molecule has 0 radical (unpaired) electrons. The predicted molar refractivity (Wildman–Crippen MR) is 155 cm³/mol. The number of esters is 1. The average molecular weight is 587 g/mol. The minimum Gasteiger partial charge on any atom is -0.469 e. The standard InChI is InChI=1S/C31H27ClN4O6/c1-36-16-26(28(35-36)29(38)18-11-13-19(32)14-12-18)33-30(39)25(15-27(37)41-2)34-31(40)42-17-24-22-9-5-3-7-20(22)21-8-4-6-10-23(21)24/h3-14,16,24-25H,15,17H2,1-2H3,(H,33,39)(H,34,40)/t25-/m0/s1. The van der Waals surface area contributed by atoms with Gasteiger partial charge in [-0.05, 0) is 46.5 Å². The van der Waals surface area contributed by atoms with E-state index in [0.29, 0.717) is 10.6 Å². The maximum atomic E-state index is 13.3. The van der Waals surface area contributed by atoms with Crippen molar-refractivity contribution in [1.29, 1.82) is 0 Å². The number of hydrogen-bond donors (Lipinski definition) is 2. The summed E-state index contributed by atoms with van der Waals surface area (Å²) < 4.78 is 11.6. The lowest BCUT2D eigenvalue weighted by Crippen LogP contribution is -2.45. The highest BCUT2D eigenvalue weighted by molar-refractivity contribution is 6.30. The first kappa shape index (κ1) is 28.6. The van der Waals surface area contributed by atoms with E-state index >= 15 is 0 Å². The van der Waals surface area contributed by atoms with Crippen molar-refractivity contribution in [3.63, 3.8) is 0 Å². The van der Waals surface area contributed by atoms with E-state index < -0.39 is 36.2 Å². The van der Waals surface area contributed by atoms with Crippen LogP contribution in [0.25, 0.3) is 11.1 Å². The Hall–Kier alpha value is -4.96. The molecule has 2 amide bonds. The summed E-state index contributed by atoms with van der Waals surface area (Å²) in [5.74, 6) is -2.12. The number of carbonyl (C=O) groups is 4. The van der Waals surface area contributed by atoms with Crippen molar-refractivity contribution in [2.45, 2.75) is 18.4 Å². The van der Waals surface area contributed by atoms with Crippen LogP contribution in [0.4, 0.5) is 10.5 Å². The Kier molecular flexibility index (Phi) is 8.35. The number of rotatable bonds is 9. The van der Waals surface area contributed by atoms with E-state index in [1.807, 2.05) is 48.5 Å². The van der Waals surface area contributed by atoms with Gasteiger partial charge in [0.1, 0.15) is 12.6 Å². The lowest BCUT2D eigenvalue weighted by molar-refractivity contribution is -0.142. The number of alkyl carbamates (subject to hydrolysis) is 1. The molecule has 42 heavy (non-hydrogen) atoms. The van der Waals surface area contributed by atoms with Crippen molar-refractivity contribution >= 4 is 41.0 Å². The van der Waals surface area contributed by atoms with Crippen molar-refractivity contribution in [2.24, 2.45) is 7.05 Å². The van der Waals surface area contributed by atoms with Crippen LogP contribution in [0.1, 0.15) is 39.5 Å². The number of aryl methyl sites for hydroxylation is 1. The Labute approximate surface area is 246 Å². The van der Waals surface area contributed by atoms with Crippen LogP contribution < -0.4 is 10.6 Å². The monoisotopic (exact) mass is 586 g/mol. The Morgan fingerprint density at radius 1 is 0.952 bits per heavy atom. The van der Waals surface area contributed by atoms with E-state index in [-0.39, 0.29) is 23.9 Å². The fraction of sp³-hybridized carbons (Fsp3) is 0.194. The highest BCUT2D eigenvalue weighted by atomic mass is 35.5. The highest BCUT2D eigenvalue weighted by Crippen LogP contribution is 2.44. The molecule has 4 aromatic rings. The molecule has 0 unspecified atom stereocenters. The van der Waals surface area contributed by atoms with Gasteiger partial charge in [0.15, 0.2) is 5.69 Å². The minimum absolute atomic E-state index is 0.0221. The molecule has 1 aromatic heterocycles. The van der Waals surface area contributed by atoms with Gasteiger partial charge in [-0.2, -0.15) is 5.10 Å². The summed E-state index contributed by atoms with van der Waals surface area (Å²) >= 11 is 5.93. The molecular weight excluding hydrogens is 560 g/mol. The Bertz CT molecular complexity index is 1620. The van der Waals surface area contributed by atoms with Crippen molar-refractivity contribution in [1.82, 2.24) is 15.1 Å². The number of halogens is 1. The number of carbonyl (C=O) groups excluding carboxylic acids is 4. The van der Waals surface area contributed by atoms with Gasteiger partial charge in [-0.1, -0.05) is 60.1 Å². The zero-order chi connectivity index (χ0) is 29.8. The molecule has 1 aliphatic rings. The second kappa shape index (κ2) is 12.3. The molecule has 0 bridgehead atoms. The molecule has 5 rings (SSSR count). The zero-order valence-corrected chi connectivity index (χ0v) is 23.6. The SMILES string of the molecule is COC(=O)C[C@H](NC(=O)OCC1c2ccccc2-c2ccccc21)C(=O)Nc1cn(C)nc1C(=O)c1ccc(Cl)cc1. The number of nitrogens with zero attached hydrogens (tertiary/aromatic N) is 2. The number of ketones is 1. The second-order valence-corrected chi connectivity index (χ2v) is 10.1. The van der Waals surface area contributed by atoms with Gasteiger partial charge >= 0.3 is 12.1 Å². The third kappa shape index (κ3) is 6.03. The molecule has 1 heterocycles. The number of methoxy groups -OCH3 is 1. The summed E-state index contributed by atoms with van der Waals surface area (Å²) in [4.78, 5) is 51.4. The van der Waals surface area contributed by atoms with Gasteiger partial charge in [0, 0.05) is 29.7 Å². The molecular formula is C31H27ClN4O6. The van der Waals surface area contributed by atoms with Crippen LogP contribution in [0, 0.1) is 0 Å². The largest absolute Gasteiger partial charge is 0.469 e. The highest BCUT2D eigenvalue weighted by Gasteiger charge is 2.31. The predicted octanol–water partition coefficient (Wildman–Crippen LogP) is 4.71. The molecule has 0 saturated heterocycles. The molecule has 1 atom stereocenters. The van der Waals surface area contributed by atoms with Crippen LogP contribution in [0.3, 0.4) is 0 Å². The fourth-order valence-corrected chi connectivity index (χ4v) is 5.07. The van der Waals surface area contributed by atoms with E-state index in [1.165, 1.54) is 18.0 Å². The lowest BCUT2D eigenvalue weighted by Gasteiger charge is -2.19. The Morgan fingerprint density at radius 2 is 1.57 bits per heavy atom. The number of aromatic nitrogens is 2. The van der Waals surface area contributed by atoms with Crippen molar-refractivity contribution in [2.75, 3.05) is 19.0 Å². The van der Waals surface area contributed by atoms with Crippen LogP contribution >= 0.6 is 11.6 Å². The van der Waals surface area contributed by atoms with Crippen LogP contribution in [-0.4, -0.2) is 53.3 Å². The number of hydrogen-bond acceptors (Lipinski definition) is 7. The maximum Gasteiger partial charge on any atom is 0.407 e. The fourth-order valence-electron chi connectivity index (χ4n) is 4.95. The van der Waals surface area contributed by atoms with Gasteiger partial charge in [0.05, 0.1) is 19.2 Å². The number of benzene rings is 3. The topological polar surface area (TPSA) is 129 Å². The molecule has 0 saturated carbocycles. The average Bonchev–Trinajstić information content (AvgIpc) is 3.52. The third-order valence-corrected chi connectivity index (χ3v) is 7.21. The quantitative estimate of drug-likeness (QED) is 0.215. The third-order valence-electron chi connectivity index (χ3n) is 6.96. The molecule has 11 heteroatoms. The summed E-state index contributed by atoms with van der Waals surface area (Å²) in [5.41, 5.74) is 4.61. The Balaban J connectivity index is 1.29. The number of fused-ring (bicyclic) bond motifs is 3. The lowest BCUT2D eigenvalue weighted by atomic mass is 9.98. The Morgan fingerprint density at radius 3 is 2.19 bits per heavy atom. The van der Waals surface area contributed by atoms with Gasteiger partial charge in [-0.15, -0.1) is 0 Å². The number of nitrogens with one attached hydrogen (secondary N) is 2. The minimum atomic E-state index is -1.35. The van der Waals surface area contributed by atoms with Gasteiger partial charge in [-0.3, -0.25) is 19.1 Å². The van der Waals surface area contributed by atoms with E-state index in [0.717, 1.165) is 22.3 Å². The van der Waals surface area contributed by atoms with Crippen LogP contribution in [0.15, 0.2) is 79.0 Å². The summed E-state index contributed by atoms with van der Waals surface area (Å²) in [5, 5.41) is 9.72. The number of amides is 2. The first-order chi connectivity index (χ1) is 20.2. The second-order valence-electron chi connectivity index (χ2n) is 9.69. The normalized spacial score (nSPS) is 12.5. The first-order valence-corrected chi connectivity index (χ1v) is 13.5. The van der Waals surface area contributed by atoms with E-state index in [2.05, 4.69) is 15.7 Å². The summed E-state index contributed by atoms with van der Waals surface area (Å²) in [6, 6.07) is 20.7. The number of anilines is 1. The van der Waals surface area contributed by atoms with Gasteiger partial charge in [0.2, 0.25) is 11.7 Å². The van der Waals surface area contributed by atoms with Crippen LogP contribution in [-0.2, 0) is 26.1 Å². The summed E-state index contributed by atoms with van der Waals surface area (Å²) in [7, 11) is 2.77. The van der Waals surface area contributed by atoms with Gasteiger partial charge in [0.25, 0.3) is 0 Å². The maximum absolute atomic E-state index is 13.3. The summed E-state index contributed by atoms with van der Waals surface area (Å²) in [6.07, 6.45) is 0.0983. The molecule has 3 aromatic carbocycles. The molecule has 214 valence electrons. The van der Waals surface area contributed by atoms with Crippen molar-refractivity contribution < 1.29 is 28.7 Å². The summed E-state index contributed by atoms with van der Waals surface area (Å²) in [6.45, 7) is 0.0226. The molecule has 0 fully saturated rings. The number of ether oxygens (including phenoxy) is 2. The zero-order valence-electron chi connectivity index (χ0n) is 22.8. The van der Waals surface area contributed by atoms with Gasteiger partial charge < -0.3 is 20.1 Å². The smallest absolute Gasteiger partial charge is 0.407 e. The molecule has 10 nitrogen and oxygen atoms in total. The van der Waals surface area contributed by atoms with Gasteiger partial charge in [-0.25, -0.2) is 4.79 Å². The molecule has 0 spiro atoms. The van der Waals surface area contributed by atoms with Crippen molar-refractivity contribution in [3.05, 3.63) is 106 Å². The van der Waals surface area contributed by atoms with Crippen LogP contribution in [0.5, 0.6) is 0 Å². The molecule has 0 aliphatic heterocycles.